The number of anilines is 1. The number of hydrogen-bond donors (Lipinski definition) is 2. The first kappa shape index (κ1) is 31.0. The number of urea groups is 1. The Bertz CT molecular complexity index is 2270. The zero-order chi connectivity index (χ0) is 34.5. The van der Waals surface area contributed by atoms with E-state index in [0.29, 0.717) is 43.9 Å². The Balaban J connectivity index is 0.886. The molecular weight excluding hydrogens is 640 g/mol. The van der Waals surface area contributed by atoms with Gasteiger partial charge in [0, 0.05) is 49.5 Å². The lowest BCUT2D eigenvalue weighted by Gasteiger charge is -2.23. The van der Waals surface area contributed by atoms with Gasteiger partial charge in [0.25, 0.3) is 11.8 Å². The number of nitrogens with one attached hydrogen (secondary N) is 2. The van der Waals surface area contributed by atoms with Crippen LogP contribution in [0.15, 0.2) is 97.1 Å². The van der Waals surface area contributed by atoms with Crippen LogP contribution in [0.4, 0.5) is 10.5 Å². The monoisotopic (exact) mass is 678 g/mol. The molecule has 11 heteroatoms. The fourth-order valence-corrected chi connectivity index (χ4v) is 7.95. The lowest BCUT2D eigenvalue weighted by Crippen LogP contribution is -2.31. The van der Waals surface area contributed by atoms with E-state index in [1.807, 2.05) is 111 Å². The lowest BCUT2D eigenvalue weighted by atomic mass is 10.1. The highest BCUT2D eigenvalue weighted by Gasteiger charge is 2.35. The first-order valence-electron chi connectivity index (χ1n) is 17.8. The third kappa shape index (κ3) is 5.68. The molecule has 3 saturated heterocycles. The van der Waals surface area contributed by atoms with Crippen molar-refractivity contribution in [2.24, 2.45) is 0 Å². The van der Waals surface area contributed by atoms with E-state index < -0.39 is 0 Å². The molecule has 0 radical (unpaired) electrons. The molecule has 2 aromatic heterocycles. The van der Waals surface area contributed by atoms with Crippen molar-refractivity contribution in [3.8, 4) is 0 Å². The van der Waals surface area contributed by atoms with Crippen LogP contribution in [0.2, 0.25) is 0 Å². The molecule has 5 heterocycles. The summed E-state index contributed by atoms with van der Waals surface area (Å²) in [6.07, 6.45) is 3.57. The van der Waals surface area contributed by atoms with E-state index in [4.69, 9.17) is 9.97 Å². The summed E-state index contributed by atoms with van der Waals surface area (Å²) in [5.74, 6) is 1.62. The Kier molecular flexibility index (Phi) is 7.75. The molecule has 0 spiro atoms. The SMILES string of the molecule is O=C1N(Cc2ccc3nc([C@H]4CCCN4C(=O)c4ccccc4)[nH]c3c2)CCN1c1ccc2nc([C@H]3CCCN3C(=O)c3ccccc3)[nH]c2c1. The average Bonchev–Trinajstić information content (AvgIpc) is 4.01. The summed E-state index contributed by atoms with van der Waals surface area (Å²) in [7, 11) is 0. The number of carbonyl (C=O) groups is 3. The largest absolute Gasteiger partial charge is 0.340 e. The molecule has 4 aromatic carbocycles. The number of aromatic nitrogens is 4. The quantitative estimate of drug-likeness (QED) is 0.192. The topological polar surface area (TPSA) is 122 Å². The number of benzene rings is 4. The summed E-state index contributed by atoms with van der Waals surface area (Å²) in [6.45, 7) is 3.07. The van der Waals surface area contributed by atoms with Crippen LogP contribution >= 0.6 is 0 Å². The average molecular weight is 679 g/mol. The van der Waals surface area contributed by atoms with Gasteiger partial charge in [-0.3, -0.25) is 14.5 Å². The molecule has 2 atom stereocenters. The summed E-state index contributed by atoms with van der Waals surface area (Å²) in [4.78, 5) is 64.5. The fourth-order valence-electron chi connectivity index (χ4n) is 7.95. The maximum Gasteiger partial charge on any atom is 0.324 e. The van der Waals surface area contributed by atoms with Crippen LogP contribution < -0.4 is 4.90 Å². The van der Waals surface area contributed by atoms with Crippen molar-refractivity contribution in [3.05, 3.63) is 125 Å². The molecule has 0 aliphatic carbocycles. The van der Waals surface area contributed by atoms with Crippen LogP contribution in [0.3, 0.4) is 0 Å². The van der Waals surface area contributed by atoms with E-state index in [1.165, 1.54) is 0 Å². The van der Waals surface area contributed by atoms with Gasteiger partial charge in [-0.05, 0) is 85.8 Å². The number of aromatic amines is 2. The molecule has 11 nitrogen and oxygen atoms in total. The van der Waals surface area contributed by atoms with Crippen LogP contribution in [0, 0.1) is 0 Å². The first-order chi connectivity index (χ1) is 25.0. The molecule has 0 saturated carbocycles. The minimum atomic E-state index is -0.116. The molecule has 0 unspecified atom stereocenters. The third-order valence-electron chi connectivity index (χ3n) is 10.5. The number of carbonyl (C=O) groups excluding carboxylic acids is 3. The third-order valence-corrected chi connectivity index (χ3v) is 10.5. The van der Waals surface area contributed by atoms with Crippen LogP contribution in [0.5, 0.6) is 0 Å². The Morgan fingerprint density at radius 2 is 1.20 bits per heavy atom. The molecule has 51 heavy (non-hydrogen) atoms. The lowest BCUT2D eigenvalue weighted by molar-refractivity contribution is 0.0723. The van der Waals surface area contributed by atoms with Gasteiger partial charge >= 0.3 is 6.03 Å². The number of likely N-dealkylation sites (tertiary alicyclic amines) is 2. The van der Waals surface area contributed by atoms with Crippen molar-refractivity contribution in [1.82, 2.24) is 34.6 Å². The summed E-state index contributed by atoms with van der Waals surface area (Å²) in [5, 5.41) is 0. The number of imidazole rings is 2. The number of fused-ring (bicyclic) bond motifs is 2. The maximum absolute atomic E-state index is 13.7. The van der Waals surface area contributed by atoms with E-state index in [2.05, 4.69) is 16.0 Å². The predicted molar refractivity (Wildman–Crippen MR) is 194 cm³/mol. The van der Waals surface area contributed by atoms with Crippen molar-refractivity contribution in [2.75, 3.05) is 31.1 Å². The molecule has 256 valence electrons. The van der Waals surface area contributed by atoms with Crippen molar-refractivity contribution < 1.29 is 14.4 Å². The number of rotatable bonds is 7. The van der Waals surface area contributed by atoms with Gasteiger partial charge in [-0.2, -0.15) is 0 Å². The Hall–Kier alpha value is -5.97. The molecule has 3 aliphatic rings. The van der Waals surface area contributed by atoms with Crippen molar-refractivity contribution in [3.63, 3.8) is 0 Å². The van der Waals surface area contributed by atoms with Gasteiger partial charge in [0.05, 0.1) is 34.2 Å². The summed E-state index contributed by atoms with van der Waals surface area (Å²) >= 11 is 0. The number of hydrogen-bond acceptors (Lipinski definition) is 5. The highest BCUT2D eigenvalue weighted by molar-refractivity contribution is 5.97. The second-order valence-corrected chi connectivity index (χ2v) is 13.7. The standard InChI is InChI=1S/C40H38N8O3/c49-38(27-9-3-1-4-10-27)47-19-7-13-34(47)36-41-30-17-15-26(23-32(30)43-36)25-45-21-22-46(40(45)51)29-16-18-31-33(24-29)44-37(42-31)35-14-8-20-48(35)39(50)28-11-5-2-6-12-28/h1-6,9-12,15-18,23-24,34-35H,7-8,13-14,19-22,25H2,(H,41,43)(H,42,44)/t34-,35-/m1/s1. The van der Waals surface area contributed by atoms with Gasteiger partial charge in [-0.25, -0.2) is 14.8 Å². The number of amides is 4. The molecular formula is C40H38N8O3. The molecule has 0 bridgehead atoms. The summed E-state index contributed by atoms with van der Waals surface area (Å²) in [6, 6.07) is 30.5. The first-order valence-corrected chi connectivity index (χ1v) is 17.8. The predicted octanol–water partition coefficient (Wildman–Crippen LogP) is 6.84. The maximum atomic E-state index is 13.7. The van der Waals surface area contributed by atoms with Crippen molar-refractivity contribution in [1.29, 1.82) is 0 Å². The van der Waals surface area contributed by atoms with E-state index in [9.17, 15) is 14.4 Å². The van der Waals surface area contributed by atoms with Gasteiger partial charge in [0.2, 0.25) is 0 Å². The van der Waals surface area contributed by atoms with Crippen molar-refractivity contribution >= 4 is 45.6 Å². The molecule has 6 aromatic rings. The molecule has 9 rings (SSSR count). The minimum absolute atomic E-state index is 0.0184. The normalized spacial score (nSPS) is 19.3. The zero-order valence-electron chi connectivity index (χ0n) is 28.2. The van der Waals surface area contributed by atoms with E-state index in [0.717, 1.165) is 70.6 Å². The van der Waals surface area contributed by atoms with Gasteiger partial charge in [-0.15, -0.1) is 0 Å². The molecule has 4 amide bonds. The summed E-state index contributed by atoms with van der Waals surface area (Å²) < 4.78 is 0. The second kappa shape index (κ2) is 12.7. The number of nitrogens with zero attached hydrogens (tertiary/aromatic N) is 6. The Morgan fingerprint density at radius 1 is 0.647 bits per heavy atom. The van der Waals surface area contributed by atoms with Crippen LogP contribution in [-0.4, -0.2) is 78.7 Å². The highest BCUT2D eigenvalue weighted by Crippen LogP contribution is 2.35. The highest BCUT2D eigenvalue weighted by atomic mass is 16.2. The van der Waals surface area contributed by atoms with Crippen molar-refractivity contribution in [2.45, 2.75) is 44.3 Å². The van der Waals surface area contributed by atoms with Crippen LogP contribution in [0.1, 0.15) is 75.7 Å². The Morgan fingerprint density at radius 3 is 1.78 bits per heavy atom. The fraction of sp³-hybridized carbons (Fsp3) is 0.275. The van der Waals surface area contributed by atoms with E-state index in [1.54, 1.807) is 0 Å². The van der Waals surface area contributed by atoms with Gasteiger partial charge in [0.15, 0.2) is 0 Å². The number of H-pyrrole nitrogens is 2. The zero-order valence-corrected chi connectivity index (χ0v) is 28.2. The van der Waals surface area contributed by atoms with Crippen LogP contribution in [-0.2, 0) is 6.54 Å². The van der Waals surface area contributed by atoms with Gasteiger partial charge in [0.1, 0.15) is 11.6 Å². The Labute approximate surface area is 294 Å². The van der Waals surface area contributed by atoms with E-state index >= 15 is 0 Å². The molecule has 2 N–H and O–H groups in total. The summed E-state index contributed by atoms with van der Waals surface area (Å²) in [5.41, 5.74) is 6.60. The molecule has 3 aliphatic heterocycles. The van der Waals surface area contributed by atoms with Gasteiger partial charge < -0.3 is 24.7 Å². The second-order valence-electron chi connectivity index (χ2n) is 13.7. The van der Waals surface area contributed by atoms with Crippen LogP contribution in [0.25, 0.3) is 22.1 Å². The van der Waals surface area contributed by atoms with Gasteiger partial charge in [-0.1, -0.05) is 42.5 Å². The molecule has 3 fully saturated rings. The van der Waals surface area contributed by atoms with E-state index in [-0.39, 0.29) is 29.9 Å². The smallest absolute Gasteiger partial charge is 0.324 e. The minimum Gasteiger partial charge on any atom is -0.340 e.